The van der Waals surface area contributed by atoms with E-state index >= 15 is 0 Å². The van der Waals surface area contributed by atoms with Gasteiger partial charge in [-0.05, 0) is 25.1 Å². The maximum absolute atomic E-state index is 11.8. The summed E-state index contributed by atoms with van der Waals surface area (Å²) in [7, 11) is 5.52. The van der Waals surface area contributed by atoms with Crippen molar-refractivity contribution in [2.24, 2.45) is 7.05 Å². The number of amides is 1. The summed E-state index contributed by atoms with van der Waals surface area (Å²) in [5.74, 6) is 0.811. The normalized spacial score (nSPS) is 11.1. The fourth-order valence-electron chi connectivity index (χ4n) is 1.73. The van der Waals surface area contributed by atoms with Crippen LogP contribution in [0, 0.1) is 6.92 Å². The average molecular weight is 232 g/mol. The minimum atomic E-state index is -0.125. The third-order valence-corrected chi connectivity index (χ3v) is 2.69. The zero-order valence-corrected chi connectivity index (χ0v) is 10.5. The van der Waals surface area contributed by atoms with Crippen LogP contribution in [0.2, 0.25) is 0 Å². The average Bonchev–Trinajstić information content (AvgIpc) is 2.53. The van der Waals surface area contributed by atoms with Crippen LogP contribution in [0.3, 0.4) is 0 Å². The van der Waals surface area contributed by atoms with Gasteiger partial charge in [-0.15, -0.1) is 0 Å². The number of aryl methyl sites for hydroxylation is 2. The molecule has 0 aliphatic rings. The van der Waals surface area contributed by atoms with Gasteiger partial charge >= 0.3 is 0 Å². The summed E-state index contributed by atoms with van der Waals surface area (Å²) in [5, 5.41) is 1.62. The van der Waals surface area contributed by atoms with Crippen molar-refractivity contribution in [1.82, 2.24) is 20.0 Å². The molecule has 0 bridgehead atoms. The summed E-state index contributed by atoms with van der Waals surface area (Å²) >= 11 is 0. The van der Waals surface area contributed by atoms with Crippen LogP contribution >= 0.6 is 0 Å². The number of rotatable bonds is 2. The first-order chi connectivity index (χ1) is 7.99. The van der Waals surface area contributed by atoms with Gasteiger partial charge in [0.15, 0.2) is 0 Å². The second-order valence-electron chi connectivity index (χ2n) is 4.26. The number of carbonyl (C=O) groups is 1. The van der Waals surface area contributed by atoms with E-state index < -0.39 is 0 Å². The maximum atomic E-state index is 11.8. The molecule has 0 radical (unpaired) electrons. The van der Waals surface area contributed by atoms with Crippen LogP contribution in [0.5, 0.6) is 0 Å². The predicted molar refractivity (Wildman–Crippen MR) is 66.6 cm³/mol. The van der Waals surface area contributed by atoms with Gasteiger partial charge in [0.05, 0.1) is 11.0 Å². The first-order valence-electron chi connectivity index (χ1n) is 5.40. The quantitative estimate of drug-likeness (QED) is 0.788. The predicted octanol–water partition coefficient (Wildman–Crippen LogP) is 1.09. The van der Waals surface area contributed by atoms with Gasteiger partial charge < -0.3 is 4.57 Å². The minimum Gasteiger partial charge on any atom is -0.331 e. The highest BCUT2D eigenvalue weighted by Gasteiger charge is 2.10. The van der Waals surface area contributed by atoms with Gasteiger partial charge in [0.2, 0.25) is 0 Å². The number of nitrogens with zero attached hydrogens (tertiary/aromatic N) is 3. The Labute approximate surface area is 100 Å². The molecule has 2 rings (SSSR count). The lowest BCUT2D eigenvalue weighted by Gasteiger charge is -2.11. The number of hydrogen-bond donors (Lipinski definition) is 1. The van der Waals surface area contributed by atoms with Crippen molar-refractivity contribution >= 4 is 16.9 Å². The number of nitrogens with one attached hydrogen (secondary N) is 1. The second-order valence-corrected chi connectivity index (χ2v) is 4.26. The first kappa shape index (κ1) is 11.6. The second kappa shape index (κ2) is 4.18. The van der Waals surface area contributed by atoms with Crippen LogP contribution < -0.4 is 5.43 Å². The molecule has 0 saturated heterocycles. The van der Waals surface area contributed by atoms with E-state index in [9.17, 15) is 4.79 Å². The van der Waals surface area contributed by atoms with E-state index in [0.29, 0.717) is 5.56 Å². The monoisotopic (exact) mass is 232 g/mol. The molecule has 17 heavy (non-hydrogen) atoms. The van der Waals surface area contributed by atoms with Crippen LogP contribution in [0.4, 0.5) is 0 Å². The molecule has 2 aromatic rings. The molecular weight excluding hydrogens is 216 g/mol. The topological polar surface area (TPSA) is 50.2 Å². The van der Waals surface area contributed by atoms with Crippen molar-refractivity contribution < 1.29 is 4.79 Å². The van der Waals surface area contributed by atoms with E-state index in [1.54, 1.807) is 25.2 Å². The molecule has 0 aliphatic heterocycles. The van der Waals surface area contributed by atoms with Crippen LogP contribution in [0.15, 0.2) is 18.2 Å². The van der Waals surface area contributed by atoms with E-state index in [4.69, 9.17) is 0 Å². The highest BCUT2D eigenvalue weighted by molar-refractivity contribution is 5.97. The Morgan fingerprint density at radius 3 is 2.76 bits per heavy atom. The number of aromatic nitrogens is 2. The zero-order valence-electron chi connectivity index (χ0n) is 10.5. The number of fused-ring (bicyclic) bond motifs is 1. The summed E-state index contributed by atoms with van der Waals surface area (Å²) in [6.07, 6.45) is 0. The van der Waals surface area contributed by atoms with Gasteiger partial charge in [-0.2, -0.15) is 0 Å². The molecule has 90 valence electrons. The number of carbonyl (C=O) groups excluding carboxylic acids is 1. The zero-order chi connectivity index (χ0) is 12.6. The lowest BCUT2D eigenvalue weighted by atomic mass is 10.2. The van der Waals surface area contributed by atoms with Crippen LogP contribution in [0.25, 0.3) is 11.0 Å². The molecule has 1 heterocycles. The molecule has 5 heteroatoms. The molecule has 0 saturated carbocycles. The lowest BCUT2D eigenvalue weighted by Crippen LogP contribution is -2.36. The fraction of sp³-hybridized carbons (Fsp3) is 0.333. The Hall–Kier alpha value is -1.88. The third-order valence-electron chi connectivity index (χ3n) is 2.69. The third kappa shape index (κ3) is 2.14. The molecule has 0 spiro atoms. The molecule has 5 nitrogen and oxygen atoms in total. The summed E-state index contributed by atoms with van der Waals surface area (Å²) in [6, 6.07) is 5.53. The standard InChI is InChI=1S/C12H16N4O/c1-8-13-10-7-9(12(17)14-15(2)3)5-6-11(10)16(8)4/h5-7H,1-4H3,(H,14,17). The Morgan fingerprint density at radius 2 is 2.12 bits per heavy atom. The summed E-state index contributed by atoms with van der Waals surface area (Å²) in [5.41, 5.74) is 5.20. The molecule has 0 atom stereocenters. The Balaban J connectivity index is 2.41. The molecular formula is C12H16N4O. The highest BCUT2D eigenvalue weighted by Crippen LogP contribution is 2.16. The Morgan fingerprint density at radius 1 is 1.41 bits per heavy atom. The summed E-state index contributed by atoms with van der Waals surface area (Å²) in [6.45, 7) is 1.94. The fourth-order valence-corrected chi connectivity index (χ4v) is 1.73. The van der Waals surface area contributed by atoms with E-state index in [1.165, 1.54) is 0 Å². The van der Waals surface area contributed by atoms with Gasteiger partial charge in [-0.1, -0.05) is 0 Å². The summed E-state index contributed by atoms with van der Waals surface area (Å²) < 4.78 is 2.00. The van der Waals surface area contributed by atoms with Gasteiger partial charge in [0.1, 0.15) is 5.82 Å². The smallest absolute Gasteiger partial charge is 0.265 e. The summed E-state index contributed by atoms with van der Waals surface area (Å²) in [4.78, 5) is 16.2. The van der Waals surface area contributed by atoms with Crippen molar-refractivity contribution in [2.75, 3.05) is 14.1 Å². The number of benzene rings is 1. The molecule has 1 N–H and O–H groups in total. The molecule has 1 aromatic heterocycles. The number of imidazole rings is 1. The molecule has 0 fully saturated rings. The lowest BCUT2D eigenvalue weighted by molar-refractivity contribution is 0.0857. The van der Waals surface area contributed by atoms with Crippen molar-refractivity contribution in [1.29, 1.82) is 0 Å². The van der Waals surface area contributed by atoms with Crippen LogP contribution in [-0.4, -0.2) is 34.6 Å². The number of hydrogen-bond acceptors (Lipinski definition) is 3. The van der Waals surface area contributed by atoms with Crippen LogP contribution in [0.1, 0.15) is 16.2 Å². The SMILES string of the molecule is Cc1nc2cc(C(=O)NN(C)C)ccc2n1C. The van der Waals surface area contributed by atoms with Crippen LogP contribution in [-0.2, 0) is 7.05 Å². The van der Waals surface area contributed by atoms with Gasteiger partial charge in [-0.25, -0.2) is 9.99 Å². The van der Waals surface area contributed by atoms with Gasteiger partial charge in [0, 0.05) is 26.7 Å². The van der Waals surface area contributed by atoms with Gasteiger partial charge in [0.25, 0.3) is 5.91 Å². The molecule has 0 aliphatic carbocycles. The minimum absolute atomic E-state index is 0.125. The first-order valence-corrected chi connectivity index (χ1v) is 5.40. The number of hydrazine groups is 1. The van der Waals surface area contributed by atoms with Crippen molar-refractivity contribution in [3.05, 3.63) is 29.6 Å². The van der Waals surface area contributed by atoms with E-state index in [2.05, 4.69) is 10.4 Å². The van der Waals surface area contributed by atoms with Crippen molar-refractivity contribution in [3.8, 4) is 0 Å². The largest absolute Gasteiger partial charge is 0.331 e. The van der Waals surface area contributed by atoms with Crippen molar-refractivity contribution in [2.45, 2.75) is 6.92 Å². The molecule has 0 unspecified atom stereocenters. The van der Waals surface area contributed by atoms with E-state index in [1.807, 2.05) is 30.7 Å². The maximum Gasteiger partial charge on any atom is 0.265 e. The Bertz CT molecular complexity index is 571. The molecule has 1 aromatic carbocycles. The van der Waals surface area contributed by atoms with Crippen molar-refractivity contribution in [3.63, 3.8) is 0 Å². The Kier molecular flexibility index (Phi) is 2.85. The molecule has 1 amide bonds. The highest BCUT2D eigenvalue weighted by atomic mass is 16.2. The van der Waals surface area contributed by atoms with E-state index in [0.717, 1.165) is 16.9 Å². The van der Waals surface area contributed by atoms with Gasteiger partial charge in [-0.3, -0.25) is 10.2 Å². The van der Waals surface area contributed by atoms with E-state index in [-0.39, 0.29) is 5.91 Å².